The average Bonchev–Trinajstić information content (AvgIpc) is 2.52. The zero-order valence-electron chi connectivity index (χ0n) is 12.6. The van der Waals surface area contributed by atoms with Crippen molar-refractivity contribution in [1.82, 2.24) is 9.97 Å². The smallest absolute Gasteiger partial charge is 0.229 e. The highest BCUT2D eigenvalue weighted by atomic mass is 35.5. The second-order valence-electron chi connectivity index (χ2n) is 5.10. The Labute approximate surface area is 142 Å². The normalized spacial score (nSPS) is 10.5. The summed E-state index contributed by atoms with van der Waals surface area (Å²) in [5.41, 5.74) is 1.59. The second-order valence-corrected chi connectivity index (χ2v) is 5.54. The highest BCUT2D eigenvalue weighted by Crippen LogP contribution is 2.22. The zero-order valence-corrected chi connectivity index (χ0v) is 13.4. The van der Waals surface area contributed by atoms with Gasteiger partial charge in [-0.1, -0.05) is 11.6 Å². The van der Waals surface area contributed by atoms with Crippen LogP contribution in [0.1, 0.15) is 5.69 Å². The third kappa shape index (κ3) is 3.97. The summed E-state index contributed by atoms with van der Waals surface area (Å²) in [6, 6.07) is 12.1. The van der Waals surface area contributed by atoms with Crippen molar-refractivity contribution >= 4 is 34.7 Å². The van der Waals surface area contributed by atoms with Gasteiger partial charge in [-0.05, 0) is 43.3 Å². The third-order valence-corrected chi connectivity index (χ3v) is 3.40. The molecule has 0 spiro atoms. The third-order valence-electron chi connectivity index (χ3n) is 3.15. The summed E-state index contributed by atoms with van der Waals surface area (Å²) in [6.45, 7) is 1.79. The molecule has 0 radical (unpaired) electrons. The lowest BCUT2D eigenvalue weighted by Crippen LogP contribution is -2.03. The molecule has 0 aliphatic rings. The van der Waals surface area contributed by atoms with Crippen LogP contribution in [-0.4, -0.2) is 9.97 Å². The molecule has 24 heavy (non-hydrogen) atoms. The van der Waals surface area contributed by atoms with Crippen LogP contribution >= 0.6 is 11.6 Å². The van der Waals surface area contributed by atoms with Gasteiger partial charge in [-0.3, -0.25) is 0 Å². The van der Waals surface area contributed by atoms with Crippen molar-refractivity contribution in [3.63, 3.8) is 0 Å². The lowest BCUT2D eigenvalue weighted by molar-refractivity contribution is 0.586. The Balaban J connectivity index is 1.84. The molecule has 2 N–H and O–H groups in total. The van der Waals surface area contributed by atoms with E-state index < -0.39 is 11.6 Å². The molecule has 0 bridgehead atoms. The average molecular weight is 347 g/mol. The lowest BCUT2D eigenvalue weighted by Gasteiger charge is -2.10. The molecule has 2 aromatic carbocycles. The molecular formula is C17H13ClF2N4. The van der Waals surface area contributed by atoms with Crippen LogP contribution < -0.4 is 10.6 Å². The molecule has 0 saturated heterocycles. The lowest BCUT2D eigenvalue weighted by atomic mass is 10.3. The van der Waals surface area contributed by atoms with E-state index in [-0.39, 0.29) is 11.6 Å². The van der Waals surface area contributed by atoms with Crippen molar-refractivity contribution in [1.29, 1.82) is 0 Å². The molecular weight excluding hydrogens is 334 g/mol. The van der Waals surface area contributed by atoms with Gasteiger partial charge in [-0.15, -0.1) is 0 Å². The van der Waals surface area contributed by atoms with Gasteiger partial charge in [-0.25, -0.2) is 13.8 Å². The van der Waals surface area contributed by atoms with Crippen LogP contribution in [0.2, 0.25) is 5.02 Å². The first kappa shape index (κ1) is 16.1. The van der Waals surface area contributed by atoms with Gasteiger partial charge in [0.2, 0.25) is 5.95 Å². The van der Waals surface area contributed by atoms with Crippen molar-refractivity contribution < 1.29 is 8.78 Å². The van der Waals surface area contributed by atoms with E-state index in [1.165, 1.54) is 6.07 Å². The number of nitrogens with one attached hydrogen (secondary N) is 2. The number of benzene rings is 2. The van der Waals surface area contributed by atoms with Crippen LogP contribution in [0.3, 0.4) is 0 Å². The Bertz CT molecular complexity index is 869. The van der Waals surface area contributed by atoms with Crippen LogP contribution in [0.25, 0.3) is 0 Å². The Morgan fingerprint density at radius 3 is 2.38 bits per heavy atom. The number of aromatic nitrogens is 2. The van der Waals surface area contributed by atoms with Crippen molar-refractivity contribution in [3.8, 4) is 0 Å². The van der Waals surface area contributed by atoms with Crippen molar-refractivity contribution in [3.05, 3.63) is 70.9 Å². The fraction of sp³-hybridized carbons (Fsp3) is 0.0588. The Kier molecular flexibility index (Phi) is 4.57. The van der Waals surface area contributed by atoms with E-state index >= 15 is 0 Å². The maximum absolute atomic E-state index is 13.7. The predicted molar refractivity (Wildman–Crippen MR) is 91.1 cm³/mol. The standard InChI is InChI=1S/C17H13ClF2N4/c1-10-8-16(22-13-5-2-11(18)3-6-13)24-17(21-10)23-15-7-4-12(19)9-14(15)20/h2-9H,1H3,(H2,21,22,23,24). The van der Waals surface area contributed by atoms with Crippen LogP contribution in [-0.2, 0) is 0 Å². The molecule has 4 nitrogen and oxygen atoms in total. The number of halogens is 3. The molecule has 3 rings (SSSR count). The van der Waals surface area contributed by atoms with Crippen molar-refractivity contribution in [2.75, 3.05) is 10.6 Å². The van der Waals surface area contributed by atoms with Crippen LogP contribution in [0.4, 0.5) is 31.9 Å². The molecule has 0 aliphatic carbocycles. The zero-order chi connectivity index (χ0) is 17.1. The second kappa shape index (κ2) is 6.80. The first-order chi connectivity index (χ1) is 11.5. The van der Waals surface area contributed by atoms with E-state index in [0.29, 0.717) is 16.5 Å². The topological polar surface area (TPSA) is 49.8 Å². The molecule has 122 valence electrons. The number of hydrogen-bond acceptors (Lipinski definition) is 4. The summed E-state index contributed by atoms with van der Waals surface area (Å²) in [5, 5.41) is 6.50. The van der Waals surface area contributed by atoms with Crippen LogP contribution in [0.5, 0.6) is 0 Å². The summed E-state index contributed by atoms with van der Waals surface area (Å²) in [5.74, 6) is -0.618. The van der Waals surface area contributed by atoms with Gasteiger partial charge < -0.3 is 10.6 Å². The van der Waals surface area contributed by atoms with Gasteiger partial charge >= 0.3 is 0 Å². The molecule has 0 unspecified atom stereocenters. The van der Waals surface area contributed by atoms with E-state index in [2.05, 4.69) is 20.6 Å². The van der Waals surface area contributed by atoms with Crippen molar-refractivity contribution in [2.45, 2.75) is 6.92 Å². The molecule has 1 heterocycles. The Morgan fingerprint density at radius 2 is 1.67 bits per heavy atom. The minimum absolute atomic E-state index is 0.0967. The van der Waals surface area contributed by atoms with E-state index in [9.17, 15) is 8.78 Å². The Hall–Kier alpha value is -2.73. The summed E-state index contributed by atoms with van der Waals surface area (Å²) < 4.78 is 26.7. The van der Waals surface area contributed by atoms with Gasteiger partial charge in [-0.2, -0.15) is 4.98 Å². The van der Waals surface area contributed by atoms with E-state index in [1.54, 1.807) is 25.1 Å². The van der Waals surface area contributed by atoms with E-state index in [1.807, 2.05) is 12.1 Å². The number of nitrogens with zero attached hydrogens (tertiary/aromatic N) is 2. The minimum Gasteiger partial charge on any atom is -0.340 e. The maximum atomic E-state index is 13.7. The molecule has 1 aromatic heterocycles. The van der Waals surface area contributed by atoms with E-state index in [4.69, 9.17) is 11.6 Å². The number of aryl methyl sites for hydroxylation is 1. The molecule has 0 aliphatic heterocycles. The summed E-state index contributed by atoms with van der Waals surface area (Å²) in [7, 11) is 0. The first-order valence-electron chi connectivity index (χ1n) is 7.10. The minimum atomic E-state index is -0.715. The summed E-state index contributed by atoms with van der Waals surface area (Å²) in [4.78, 5) is 8.49. The molecule has 7 heteroatoms. The summed E-state index contributed by atoms with van der Waals surface area (Å²) in [6.07, 6.45) is 0. The summed E-state index contributed by atoms with van der Waals surface area (Å²) >= 11 is 5.86. The molecule has 0 saturated carbocycles. The number of anilines is 4. The number of rotatable bonds is 4. The SMILES string of the molecule is Cc1cc(Nc2ccc(Cl)cc2)nc(Nc2ccc(F)cc2F)n1. The molecule has 3 aromatic rings. The largest absolute Gasteiger partial charge is 0.340 e. The van der Waals surface area contributed by atoms with Gasteiger partial charge in [0.15, 0.2) is 0 Å². The van der Waals surface area contributed by atoms with Gasteiger partial charge in [0.05, 0.1) is 5.69 Å². The first-order valence-corrected chi connectivity index (χ1v) is 7.48. The fourth-order valence-corrected chi connectivity index (χ4v) is 2.21. The molecule has 0 amide bonds. The highest BCUT2D eigenvalue weighted by molar-refractivity contribution is 6.30. The van der Waals surface area contributed by atoms with Crippen LogP contribution in [0.15, 0.2) is 48.5 Å². The number of hydrogen-bond donors (Lipinski definition) is 2. The fourth-order valence-electron chi connectivity index (χ4n) is 2.08. The van der Waals surface area contributed by atoms with Gasteiger partial charge in [0, 0.05) is 28.5 Å². The monoisotopic (exact) mass is 346 g/mol. The van der Waals surface area contributed by atoms with Crippen molar-refractivity contribution in [2.24, 2.45) is 0 Å². The highest BCUT2D eigenvalue weighted by Gasteiger charge is 2.08. The predicted octanol–water partition coefficient (Wildman–Crippen LogP) is 5.20. The van der Waals surface area contributed by atoms with Crippen LogP contribution in [0, 0.1) is 18.6 Å². The quantitative estimate of drug-likeness (QED) is 0.681. The maximum Gasteiger partial charge on any atom is 0.229 e. The van der Waals surface area contributed by atoms with Gasteiger partial charge in [0.25, 0.3) is 0 Å². The molecule has 0 fully saturated rings. The molecule has 0 atom stereocenters. The Morgan fingerprint density at radius 1 is 0.917 bits per heavy atom. The van der Waals surface area contributed by atoms with Gasteiger partial charge in [0.1, 0.15) is 17.5 Å². The van der Waals surface area contributed by atoms with E-state index in [0.717, 1.165) is 17.8 Å².